The third kappa shape index (κ3) is 5.26. The second kappa shape index (κ2) is 9.50. The van der Waals surface area contributed by atoms with Gasteiger partial charge < -0.3 is 9.73 Å². The monoisotopic (exact) mass is 462 g/mol. The molecule has 0 aliphatic heterocycles. The van der Waals surface area contributed by atoms with E-state index in [-0.39, 0.29) is 10.6 Å². The molecule has 0 saturated heterocycles. The van der Waals surface area contributed by atoms with Gasteiger partial charge in [-0.3, -0.25) is 4.72 Å². The van der Waals surface area contributed by atoms with Crippen molar-refractivity contribution in [2.75, 3.05) is 10.0 Å². The van der Waals surface area contributed by atoms with Crippen molar-refractivity contribution in [1.82, 2.24) is 0 Å². The summed E-state index contributed by atoms with van der Waals surface area (Å²) in [7, 11) is -4.01. The highest BCUT2D eigenvalue weighted by atomic mass is 32.2. The van der Waals surface area contributed by atoms with E-state index in [1.807, 2.05) is 36.4 Å². The molecule has 7 heteroatoms. The summed E-state index contributed by atoms with van der Waals surface area (Å²) in [5.74, 6) is 0.464. The van der Waals surface area contributed by atoms with Crippen LogP contribution in [-0.2, 0) is 23.0 Å². The van der Waals surface area contributed by atoms with Crippen LogP contribution in [0.2, 0.25) is 0 Å². The minimum Gasteiger partial charge on any atom is -0.421 e. The van der Waals surface area contributed by atoms with E-state index in [9.17, 15) is 13.2 Å². The summed E-state index contributed by atoms with van der Waals surface area (Å²) < 4.78 is 34.1. The fourth-order valence-corrected chi connectivity index (χ4v) is 4.75. The molecule has 0 saturated carbocycles. The van der Waals surface area contributed by atoms with Crippen LogP contribution in [0.1, 0.15) is 25.0 Å². The Labute approximate surface area is 193 Å². The lowest BCUT2D eigenvalue weighted by Gasteiger charge is -2.15. The molecule has 0 fully saturated rings. The molecule has 0 unspecified atom stereocenters. The quantitative estimate of drug-likeness (QED) is 0.342. The summed E-state index contributed by atoms with van der Waals surface area (Å²) in [6.45, 7) is 4.62. The van der Waals surface area contributed by atoms with E-state index in [0.717, 1.165) is 17.5 Å². The van der Waals surface area contributed by atoms with E-state index in [4.69, 9.17) is 4.42 Å². The number of hydrogen-bond donors (Lipinski definition) is 2. The molecule has 170 valence electrons. The summed E-state index contributed by atoms with van der Waals surface area (Å²) in [4.78, 5) is 12.9. The number of sulfonamides is 1. The summed E-state index contributed by atoms with van der Waals surface area (Å²) in [6.07, 6.45) is 0.857. The topological polar surface area (TPSA) is 88.4 Å². The zero-order valence-corrected chi connectivity index (χ0v) is 19.4. The van der Waals surface area contributed by atoms with Crippen LogP contribution in [0, 0.1) is 5.92 Å². The maximum absolute atomic E-state index is 13.1. The van der Waals surface area contributed by atoms with Crippen LogP contribution in [0.5, 0.6) is 0 Å². The minimum absolute atomic E-state index is 0.0802. The minimum atomic E-state index is -4.01. The molecular weight excluding hydrogens is 436 g/mol. The van der Waals surface area contributed by atoms with Gasteiger partial charge in [0.2, 0.25) is 0 Å². The normalized spacial score (nSPS) is 11.6. The highest BCUT2D eigenvalue weighted by Crippen LogP contribution is 2.30. The molecule has 2 N–H and O–H groups in total. The highest BCUT2D eigenvalue weighted by molar-refractivity contribution is 7.92. The van der Waals surface area contributed by atoms with Crippen LogP contribution in [0.15, 0.2) is 93.0 Å². The average molecular weight is 463 g/mol. The smallest absolute Gasteiger partial charge is 0.363 e. The molecular formula is C26H26N2O4S. The van der Waals surface area contributed by atoms with Crippen LogP contribution in [0.3, 0.4) is 0 Å². The van der Waals surface area contributed by atoms with E-state index in [0.29, 0.717) is 29.1 Å². The Balaban J connectivity index is 1.71. The fourth-order valence-electron chi connectivity index (χ4n) is 3.68. The van der Waals surface area contributed by atoms with Crippen LogP contribution in [-0.4, -0.2) is 8.42 Å². The lowest BCUT2D eigenvalue weighted by Crippen LogP contribution is -2.20. The Morgan fingerprint density at radius 1 is 0.818 bits per heavy atom. The molecule has 0 aliphatic rings. The van der Waals surface area contributed by atoms with Gasteiger partial charge in [0.05, 0.1) is 10.6 Å². The number of benzene rings is 3. The molecule has 33 heavy (non-hydrogen) atoms. The lowest BCUT2D eigenvalue weighted by atomic mass is 10.0. The van der Waals surface area contributed by atoms with Gasteiger partial charge in [0.25, 0.3) is 10.0 Å². The molecule has 0 atom stereocenters. The third-order valence-corrected chi connectivity index (χ3v) is 6.60. The Kier molecular flexibility index (Phi) is 6.51. The highest BCUT2D eigenvalue weighted by Gasteiger charge is 2.22. The Morgan fingerprint density at radius 2 is 1.48 bits per heavy atom. The van der Waals surface area contributed by atoms with Crippen LogP contribution < -0.4 is 15.7 Å². The van der Waals surface area contributed by atoms with Crippen LogP contribution in [0.25, 0.3) is 11.0 Å². The number of rotatable bonds is 8. The van der Waals surface area contributed by atoms with Gasteiger partial charge in [-0.25, -0.2) is 13.2 Å². The standard InChI is InChI=1S/C26H26N2O4S/c1-18(2)16-19-12-14-21(15-13-19)33(30,31)28-25-24(27-17-20-8-4-3-5-9-20)22-10-6-7-11-23(22)32-26(25)29/h3-15,18,27-28H,16-17H2,1-2H3. The van der Waals surface area contributed by atoms with Gasteiger partial charge >= 0.3 is 5.63 Å². The third-order valence-electron chi connectivity index (χ3n) is 5.24. The molecule has 4 aromatic rings. The first kappa shape index (κ1) is 22.6. The van der Waals surface area contributed by atoms with E-state index >= 15 is 0 Å². The SMILES string of the molecule is CC(C)Cc1ccc(S(=O)(=O)Nc2c(NCc3ccccc3)c3ccccc3oc2=O)cc1. The second-order valence-electron chi connectivity index (χ2n) is 8.32. The molecule has 6 nitrogen and oxygen atoms in total. The number of anilines is 2. The predicted octanol–water partition coefficient (Wildman–Crippen LogP) is 5.40. The summed E-state index contributed by atoms with van der Waals surface area (Å²) in [6, 6.07) is 23.4. The average Bonchev–Trinajstić information content (AvgIpc) is 2.79. The van der Waals surface area contributed by atoms with Gasteiger partial charge in [-0.15, -0.1) is 0 Å². The van der Waals surface area contributed by atoms with Crippen molar-refractivity contribution in [3.8, 4) is 0 Å². The van der Waals surface area contributed by atoms with Gasteiger partial charge in [-0.1, -0.05) is 68.4 Å². The Bertz CT molecular complexity index is 1410. The van der Waals surface area contributed by atoms with Gasteiger partial charge in [-0.05, 0) is 47.7 Å². The molecule has 0 aliphatic carbocycles. The van der Waals surface area contributed by atoms with E-state index in [2.05, 4.69) is 23.9 Å². The van der Waals surface area contributed by atoms with Gasteiger partial charge in [-0.2, -0.15) is 0 Å². The van der Waals surface area contributed by atoms with Crippen molar-refractivity contribution in [3.05, 3.63) is 100 Å². The van der Waals surface area contributed by atoms with E-state index in [1.165, 1.54) is 0 Å². The van der Waals surface area contributed by atoms with Gasteiger partial charge in [0, 0.05) is 11.9 Å². The van der Waals surface area contributed by atoms with Crippen molar-refractivity contribution in [1.29, 1.82) is 0 Å². The number of fused-ring (bicyclic) bond motifs is 1. The van der Waals surface area contributed by atoms with Crippen molar-refractivity contribution in [2.45, 2.75) is 31.7 Å². The molecule has 0 spiro atoms. The summed E-state index contributed by atoms with van der Waals surface area (Å²) in [5, 5.41) is 3.84. The van der Waals surface area contributed by atoms with Crippen molar-refractivity contribution >= 4 is 32.4 Å². The molecule has 4 rings (SSSR count). The maximum atomic E-state index is 13.1. The van der Waals surface area contributed by atoms with Gasteiger partial charge in [0.1, 0.15) is 5.58 Å². The molecule has 1 heterocycles. The molecule has 1 aromatic heterocycles. The Hall–Kier alpha value is -3.58. The maximum Gasteiger partial charge on any atom is 0.363 e. The number of hydrogen-bond acceptors (Lipinski definition) is 5. The fraction of sp³-hybridized carbons (Fsp3) is 0.192. The lowest BCUT2D eigenvalue weighted by molar-refractivity contribution is 0.563. The number of nitrogens with one attached hydrogen (secondary N) is 2. The van der Waals surface area contributed by atoms with Crippen LogP contribution >= 0.6 is 0 Å². The van der Waals surface area contributed by atoms with E-state index in [1.54, 1.807) is 42.5 Å². The molecule has 3 aromatic carbocycles. The van der Waals surface area contributed by atoms with Crippen molar-refractivity contribution in [2.24, 2.45) is 5.92 Å². The van der Waals surface area contributed by atoms with Crippen molar-refractivity contribution in [3.63, 3.8) is 0 Å². The summed E-state index contributed by atoms with van der Waals surface area (Å²) >= 11 is 0. The van der Waals surface area contributed by atoms with Crippen LogP contribution in [0.4, 0.5) is 11.4 Å². The first-order valence-corrected chi connectivity index (χ1v) is 12.3. The molecule has 0 amide bonds. The first-order chi connectivity index (χ1) is 15.8. The first-order valence-electron chi connectivity index (χ1n) is 10.8. The zero-order valence-electron chi connectivity index (χ0n) is 18.5. The molecule has 0 radical (unpaired) electrons. The van der Waals surface area contributed by atoms with Crippen molar-refractivity contribution < 1.29 is 12.8 Å². The largest absolute Gasteiger partial charge is 0.421 e. The van der Waals surface area contributed by atoms with Gasteiger partial charge in [0.15, 0.2) is 5.69 Å². The van der Waals surface area contributed by atoms with E-state index < -0.39 is 15.6 Å². The number of para-hydroxylation sites is 1. The summed E-state index contributed by atoms with van der Waals surface area (Å²) in [5.41, 5.74) is 1.90. The molecule has 0 bridgehead atoms. The Morgan fingerprint density at radius 3 is 2.18 bits per heavy atom. The zero-order chi connectivity index (χ0) is 23.4. The predicted molar refractivity (Wildman–Crippen MR) is 132 cm³/mol. The second-order valence-corrected chi connectivity index (χ2v) is 10.0.